The van der Waals surface area contributed by atoms with Crippen LogP contribution in [-0.4, -0.2) is 4.98 Å². The van der Waals surface area contributed by atoms with Crippen molar-refractivity contribution >= 4 is 11.6 Å². The van der Waals surface area contributed by atoms with Gasteiger partial charge in [-0.3, -0.25) is 0 Å². The second-order valence-corrected chi connectivity index (χ2v) is 6.04. The average molecular weight is 361 g/mol. The molecule has 3 aromatic rings. The fraction of sp³-hybridized carbons (Fsp3) is 0.211. The van der Waals surface area contributed by atoms with Crippen molar-refractivity contribution in [2.75, 3.05) is 0 Å². The predicted octanol–water partition coefficient (Wildman–Crippen LogP) is 5.17. The lowest BCUT2D eigenvalue weighted by Crippen LogP contribution is -2.13. The summed E-state index contributed by atoms with van der Waals surface area (Å²) >= 11 is 6.03. The van der Waals surface area contributed by atoms with Crippen molar-refractivity contribution in [1.82, 2.24) is 10.3 Å². The number of aromatic nitrogens is 1. The van der Waals surface area contributed by atoms with Crippen molar-refractivity contribution in [3.63, 3.8) is 0 Å². The molecule has 1 aromatic heterocycles. The number of para-hydroxylation sites is 1. The lowest BCUT2D eigenvalue weighted by Gasteiger charge is -2.12. The molecule has 0 atom stereocenters. The molecular weight excluding hydrogens is 343 g/mol. The predicted molar refractivity (Wildman–Crippen MR) is 94.4 cm³/mol. The topological polar surface area (TPSA) is 47.3 Å². The number of ether oxygens (including phenoxy) is 1. The molecule has 0 spiro atoms. The molecule has 0 aliphatic heterocycles. The first-order valence-electron chi connectivity index (χ1n) is 7.87. The smallest absolute Gasteiger partial charge is 0.208 e. The molecule has 0 fully saturated rings. The number of hydrogen-bond acceptors (Lipinski definition) is 4. The van der Waals surface area contributed by atoms with Crippen molar-refractivity contribution in [2.45, 2.75) is 26.9 Å². The van der Waals surface area contributed by atoms with Gasteiger partial charge >= 0.3 is 0 Å². The third-order valence-electron chi connectivity index (χ3n) is 3.75. The summed E-state index contributed by atoms with van der Waals surface area (Å²) in [4.78, 5) is 4.34. The van der Waals surface area contributed by atoms with Crippen LogP contribution in [0.15, 0.2) is 46.9 Å². The number of rotatable bonds is 6. The van der Waals surface area contributed by atoms with E-state index in [9.17, 15) is 4.39 Å². The monoisotopic (exact) mass is 360 g/mol. The van der Waals surface area contributed by atoms with Crippen LogP contribution in [0.4, 0.5) is 4.39 Å². The second-order valence-electron chi connectivity index (χ2n) is 5.64. The van der Waals surface area contributed by atoms with Crippen LogP contribution in [0, 0.1) is 19.7 Å². The van der Waals surface area contributed by atoms with Crippen LogP contribution >= 0.6 is 11.6 Å². The molecule has 0 aliphatic rings. The fourth-order valence-electron chi connectivity index (χ4n) is 2.34. The molecule has 3 rings (SSSR count). The van der Waals surface area contributed by atoms with Gasteiger partial charge in [0.05, 0.1) is 17.3 Å². The lowest BCUT2D eigenvalue weighted by molar-refractivity contribution is 0.442. The summed E-state index contributed by atoms with van der Waals surface area (Å²) in [6.07, 6.45) is 0. The van der Waals surface area contributed by atoms with Crippen LogP contribution in [0.5, 0.6) is 11.5 Å². The van der Waals surface area contributed by atoms with E-state index in [-0.39, 0.29) is 5.02 Å². The standard InChI is InChI=1S/C19H18ClFN2O2/c1-12-13(2)24-19(23-12)11-22-10-14-5-3-4-6-17(14)25-18-8-7-15(21)9-16(18)20/h3-9,22H,10-11H2,1-2H3. The number of nitrogens with one attached hydrogen (secondary N) is 1. The van der Waals surface area contributed by atoms with Gasteiger partial charge in [-0.05, 0) is 38.1 Å². The summed E-state index contributed by atoms with van der Waals surface area (Å²) in [5.41, 5.74) is 1.84. The van der Waals surface area contributed by atoms with E-state index in [1.54, 1.807) is 0 Å². The Morgan fingerprint density at radius 3 is 2.64 bits per heavy atom. The normalized spacial score (nSPS) is 10.9. The van der Waals surface area contributed by atoms with E-state index in [0.717, 1.165) is 17.0 Å². The summed E-state index contributed by atoms with van der Waals surface area (Å²) in [5.74, 6) is 2.14. The molecule has 0 saturated heterocycles. The Kier molecular flexibility index (Phi) is 5.36. The molecule has 0 radical (unpaired) electrons. The highest BCUT2D eigenvalue weighted by Crippen LogP contribution is 2.31. The van der Waals surface area contributed by atoms with E-state index in [1.165, 1.54) is 18.2 Å². The molecule has 130 valence electrons. The first-order chi connectivity index (χ1) is 12.0. The summed E-state index contributed by atoms with van der Waals surface area (Å²) < 4.78 is 24.5. The molecule has 0 unspecified atom stereocenters. The van der Waals surface area contributed by atoms with Crippen LogP contribution in [-0.2, 0) is 13.1 Å². The minimum Gasteiger partial charge on any atom is -0.455 e. The minimum absolute atomic E-state index is 0.230. The first-order valence-corrected chi connectivity index (χ1v) is 8.25. The zero-order valence-corrected chi connectivity index (χ0v) is 14.7. The Hall–Kier alpha value is -2.37. The molecule has 6 heteroatoms. The molecule has 25 heavy (non-hydrogen) atoms. The summed E-state index contributed by atoms with van der Waals surface area (Å²) in [5, 5.41) is 3.51. The van der Waals surface area contributed by atoms with Gasteiger partial charge in [0.25, 0.3) is 0 Å². The second kappa shape index (κ2) is 7.68. The Morgan fingerprint density at radius 1 is 1.12 bits per heavy atom. The lowest BCUT2D eigenvalue weighted by atomic mass is 10.2. The van der Waals surface area contributed by atoms with Crippen LogP contribution < -0.4 is 10.1 Å². The van der Waals surface area contributed by atoms with Gasteiger partial charge in [-0.25, -0.2) is 9.37 Å². The number of nitrogens with zero attached hydrogens (tertiary/aromatic N) is 1. The van der Waals surface area contributed by atoms with Gasteiger partial charge in [-0.2, -0.15) is 0 Å². The quantitative estimate of drug-likeness (QED) is 0.659. The summed E-state index contributed by atoms with van der Waals surface area (Å²) in [7, 11) is 0. The molecule has 1 N–H and O–H groups in total. The molecule has 4 nitrogen and oxygen atoms in total. The Balaban J connectivity index is 1.68. The van der Waals surface area contributed by atoms with Crippen LogP contribution in [0.1, 0.15) is 22.9 Å². The summed E-state index contributed by atoms with van der Waals surface area (Å²) in [6.45, 7) is 4.88. The van der Waals surface area contributed by atoms with Crippen molar-refractivity contribution in [3.05, 3.63) is 76.2 Å². The molecule has 0 saturated carbocycles. The molecular formula is C19H18ClFN2O2. The highest BCUT2D eigenvalue weighted by Gasteiger charge is 2.09. The number of halogens is 2. The van der Waals surface area contributed by atoms with Crippen molar-refractivity contribution < 1.29 is 13.5 Å². The molecule has 2 aromatic carbocycles. The van der Waals surface area contributed by atoms with Gasteiger partial charge < -0.3 is 14.5 Å². The number of hydrogen-bond donors (Lipinski definition) is 1. The molecule has 0 bridgehead atoms. The zero-order valence-electron chi connectivity index (χ0n) is 14.0. The van der Waals surface area contributed by atoms with Gasteiger partial charge in [0, 0.05) is 12.1 Å². The van der Waals surface area contributed by atoms with Crippen molar-refractivity contribution in [1.29, 1.82) is 0 Å². The van der Waals surface area contributed by atoms with E-state index in [2.05, 4.69) is 10.3 Å². The van der Waals surface area contributed by atoms with E-state index in [1.807, 2.05) is 38.1 Å². The number of aryl methyl sites for hydroxylation is 2. The summed E-state index contributed by atoms with van der Waals surface area (Å²) in [6, 6.07) is 11.6. The van der Waals surface area contributed by atoms with Crippen molar-refractivity contribution in [3.8, 4) is 11.5 Å². The average Bonchev–Trinajstić information content (AvgIpc) is 2.90. The molecule has 1 heterocycles. The Bertz CT molecular complexity index is 860. The van der Waals surface area contributed by atoms with Crippen LogP contribution in [0.3, 0.4) is 0 Å². The van der Waals surface area contributed by atoms with E-state index in [4.69, 9.17) is 20.8 Å². The first kappa shape index (κ1) is 17.5. The third-order valence-corrected chi connectivity index (χ3v) is 4.05. The van der Waals surface area contributed by atoms with E-state index in [0.29, 0.717) is 30.5 Å². The maximum Gasteiger partial charge on any atom is 0.208 e. The largest absolute Gasteiger partial charge is 0.455 e. The zero-order chi connectivity index (χ0) is 17.8. The van der Waals surface area contributed by atoms with Gasteiger partial charge in [-0.1, -0.05) is 29.8 Å². The number of oxazole rings is 1. The molecule has 0 amide bonds. The fourth-order valence-corrected chi connectivity index (χ4v) is 2.55. The van der Waals surface area contributed by atoms with Gasteiger partial charge in [0.15, 0.2) is 0 Å². The highest BCUT2D eigenvalue weighted by atomic mass is 35.5. The van der Waals surface area contributed by atoms with Gasteiger partial charge in [-0.15, -0.1) is 0 Å². The third kappa shape index (κ3) is 4.38. The minimum atomic E-state index is -0.399. The van der Waals surface area contributed by atoms with Crippen LogP contribution in [0.2, 0.25) is 5.02 Å². The SMILES string of the molecule is Cc1nc(CNCc2ccccc2Oc2ccc(F)cc2Cl)oc1C. The van der Waals surface area contributed by atoms with Gasteiger partial charge in [0.1, 0.15) is 23.1 Å². The van der Waals surface area contributed by atoms with Crippen molar-refractivity contribution in [2.24, 2.45) is 0 Å². The number of benzene rings is 2. The molecule has 0 aliphatic carbocycles. The highest BCUT2D eigenvalue weighted by molar-refractivity contribution is 6.32. The Morgan fingerprint density at radius 2 is 1.92 bits per heavy atom. The Labute approximate surface area is 150 Å². The maximum atomic E-state index is 13.2. The van der Waals surface area contributed by atoms with Gasteiger partial charge in [0.2, 0.25) is 5.89 Å². The maximum absolute atomic E-state index is 13.2. The van der Waals surface area contributed by atoms with E-state index < -0.39 is 5.82 Å². The van der Waals surface area contributed by atoms with Crippen LogP contribution in [0.25, 0.3) is 0 Å². The van der Waals surface area contributed by atoms with E-state index >= 15 is 0 Å².